The molecule has 0 aliphatic heterocycles. The van der Waals surface area contributed by atoms with Gasteiger partial charge in [0.2, 0.25) is 5.82 Å². The lowest BCUT2D eigenvalue weighted by molar-refractivity contribution is -0.144. The van der Waals surface area contributed by atoms with Crippen LogP contribution in [0.3, 0.4) is 0 Å². The molecule has 0 bridgehead atoms. The summed E-state index contributed by atoms with van der Waals surface area (Å²) in [6.45, 7) is 0. The number of hydrogen-bond donors (Lipinski definition) is 1. The van der Waals surface area contributed by atoms with Gasteiger partial charge in [-0.3, -0.25) is 0 Å². The first-order chi connectivity index (χ1) is 9.00. The van der Waals surface area contributed by atoms with Crippen molar-refractivity contribution in [2.24, 2.45) is 0 Å². The minimum Gasteiger partial charge on any atom is -0.515 e. The molecule has 3 rings (SSSR count). The third-order valence-corrected chi connectivity index (χ3v) is 2.88. The van der Waals surface area contributed by atoms with E-state index < -0.39 is 12.0 Å². The van der Waals surface area contributed by atoms with Crippen LogP contribution >= 0.6 is 0 Å². The molecule has 96 valence electrons. The molecule has 0 fully saturated rings. The smallest absolute Gasteiger partial charge is 0.451 e. The molecular formula is C13H7F3N2O. The quantitative estimate of drug-likeness (QED) is 0.679. The van der Waals surface area contributed by atoms with Crippen molar-refractivity contribution in [1.82, 2.24) is 9.97 Å². The molecule has 0 atom stereocenters. The van der Waals surface area contributed by atoms with E-state index in [0.29, 0.717) is 16.0 Å². The van der Waals surface area contributed by atoms with Gasteiger partial charge in [0.15, 0.2) is 0 Å². The number of alkyl halides is 3. The largest absolute Gasteiger partial charge is 0.515 e. The molecule has 1 heterocycles. The van der Waals surface area contributed by atoms with Crippen molar-refractivity contribution in [2.45, 2.75) is 6.18 Å². The summed E-state index contributed by atoms with van der Waals surface area (Å²) in [7, 11) is 0. The second kappa shape index (κ2) is 3.81. The van der Waals surface area contributed by atoms with Gasteiger partial charge >= 0.3 is 6.18 Å². The molecule has 0 saturated carbocycles. The Bertz CT molecular complexity index is 808. The monoisotopic (exact) mass is 264 g/mol. The van der Waals surface area contributed by atoms with Gasteiger partial charge in [0, 0.05) is 10.6 Å². The number of aromatic nitrogens is 2. The second-order valence-corrected chi connectivity index (χ2v) is 4.05. The zero-order valence-electron chi connectivity index (χ0n) is 9.44. The maximum Gasteiger partial charge on any atom is 0.451 e. The summed E-state index contributed by atoms with van der Waals surface area (Å²) in [6.07, 6.45) is -3.67. The lowest BCUT2D eigenvalue weighted by atomic mass is 10.1. The Morgan fingerprint density at radius 3 is 2.32 bits per heavy atom. The van der Waals surface area contributed by atoms with E-state index in [1.54, 1.807) is 12.1 Å². The third-order valence-electron chi connectivity index (χ3n) is 2.88. The van der Waals surface area contributed by atoms with Gasteiger partial charge in [0.1, 0.15) is 0 Å². The molecule has 0 spiro atoms. The van der Waals surface area contributed by atoms with Crippen LogP contribution in [0.4, 0.5) is 13.2 Å². The van der Waals surface area contributed by atoms with Crippen molar-refractivity contribution < 1.29 is 18.3 Å². The molecule has 0 aliphatic rings. The third kappa shape index (κ3) is 1.76. The molecule has 3 nitrogen and oxygen atoms in total. The molecule has 1 aromatic heterocycles. The zero-order chi connectivity index (χ0) is 13.6. The molecule has 19 heavy (non-hydrogen) atoms. The van der Waals surface area contributed by atoms with Gasteiger partial charge in [0.05, 0.1) is 17.3 Å². The van der Waals surface area contributed by atoms with Crippen LogP contribution in [0.1, 0.15) is 5.82 Å². The fourth-order valence-electron chi connectivity index (χ4n) is 2.07. The van der Waals surface area contributed by atoms with E-state index in [1.807, 2.05) is 0 Å². The van der Waals surface area contributed by atoms with Gasteiger partial charge in [-0.25, -0.2) is 9.97 Å². The van der Waals surface area contributed by atoms with E-state index in [4.69, 9.17) is 5.11 Å². The number of aliphatic hydroxyl groups is 1. The average Bonchev–Trinajstić information content (AvgIpc) is 2.38. The standard InChI is InChI=1S/C13H7F3N2O/c14-13(15,16)12-17-9-3-1-2-8-7(6-19)4-5-10(18-12)11(8)9/h1-6,19H/b7-6+. The fourth-order valence-corrected chi connectivity index (χ4v) is 2.07. The van der Waals surface area contributed by atoms with Gasteiger partial charge in [0.25, 0.3) is 0 Å². The molecule has 0 aliphatic carbocycles. The van der Waals surface area contributed by atoms with Crippen molar-refractivity contribution in [3.05, 3.63) is 41.4 Å². The van der Waals surface area contributed by atoms with Crippen LogP contribution in [-0.2, 0) is 6.18 Å². The highest BCUT2D eigenvalue weighted by molar-refractivity contribution is 6.06. The van der Waals surface area contributed by atoms with Crippen molar-refractivity contribution in [1.29, 1.82) is 0 Å². The minimum atomic E-state index is -4.58. The SMILES string of the molecule is O/C=c1\ccc2nc(C(F)(F)F)nc3cccc1c32. The van der Waals surface area contributed by atoms with Crippen LogP contribution < -0.4 is 5.22 Å². The highest BCUT2D eigenvalue weighted by Crippen LogP contribution is 2.30. The first kappa shape index (κ1) is 11.7. The molecular weight excluding hydrogens is 257 g/mol. The zero-order valence-corrected chi connectivity index (χ0v) is 9.44. The number of rotatable bonds is 0. The number of halogens is 3. The number of aliphatic hydroxyl groups excluding tert-OH is 1. The Morgan fingerprint density at radius 2 is 1.68 bits per heavy atom. The predicted molar refractivity (Wildman–Crippen MR) is 64.4 cm³/mol. The Morgan fingerprint density at radius 1 is 1.00 bits per heavy atom. The number of nitrogens with zero attached hydrogens (tertiary/aromatic N) is 2. The van der Waals surface area contributed by atoms with Gasteiger partial charge in [-0.1, -0.05) is 12.1 Å². The van der Waals surface area contributed by atoms with Crippen molar-refractivity contribution in [3.8, 4) is 0 Å². The van der Waals surface area contributed by atoms with E-state index in [0.717, 1.165) is 6.26 Å². The lowest BCUT2D eigenvalue weighted by Gasteiger charge is -2.09. The summed E-state index contributed by atoms with van der Waals surface area (Å²) < 4.78 is 38.1. The summed E-state index contributed by atoms with van der Waals surface area (Å²) in [6, 6.07) is 7.75. The molecule has 0 unspecified atom stereocenters. The highest BCUT2D eigenvalue weighted by atomic mass is 19.4. The van der Waals surface area contributed by atoms with Crippen LogP contribution in [0.2, 0.25) is 0 Å². The molecule has 1 N–H and O–H groups in total. The Kier molecular flexibility index (Phi) is 2.35. The van der Waals surface area contributed by atoms with Crippen LogP contribution in [0.15, 0.2) is 30.3 Å². The second-order valence-electron chi connectivity index (χ2n) is 4.05. The van der Waals surface area contributed by atoms with Crippen molar-refractivity contribution in [3.63, 3.8) is 0 Å². The Balaban J connectivity index is 2.52. The van der Waals surface area contributed by atoms with E-state index in [9.17, 15) is 13.2 Å². The van der Waals surface area contributed by atoms with Crippen LogP contribution in [0, 0.1) is 0 Å². The lowest BCUT2D eigenvalue weighted by Crippen LogP contribution is -2.12. The van der Waals surface area contributed by atoms with E-state index >= 15 is 0 Å². The average molecular weight is 264 g/mol. The first-order valence-corrected chi connectivity index (χ1v) is 5.41. The summed E-state index contributed by atoms with van der Waals surface area (Å²) in [5.41, 5.74) is 0.414. The first-order valence-electron chi connectivity index (χ1n) is 5.41. The molecule has 0 amide bonds. The van der Waals surface area contributed by atoms with Gasteiger partial charge < -0.3 is 5.11 Å². The molecule has 0 radical (unpaired) electrons. The maximum atomic E-state index is 12.7. The maximum absolute atomic E-state index is 12.7. The van der Waals surface area contributed by atoms with Gasteiger partial charge in [-0.2, -0.15) is 13.2 Å². The molecule has 3 aromatic rings. The Hall–Kier alpha value is -2.37. The summed E-state index contributed by atoms with van der Waals surface area (Å²) in [5, 5.41) is 10.8. The molecule has 2 aromatic carbocycles. The van der Waals surface area contributed by atoms with E-state index in [1.165, 1.54) is 18.2 Å². The summed E-state index contributed by atoms with van der Waals surface area (Å²) in [5.74, 6) is -1.16. The molecule has 0 saturated heterocycles. The topological polar surface area (TPSA) is 46.0 Å². The highest BCUT2D eigenvalue weighted by Gasteiger charge is 2.35. The van der Waals surface area contributed by atoms with Crippen LogP contribution in [-0.4, -0.2) is 15.1 Å². The predicted octanol–water partition coefficient (Wildman–Crippen LogP) is 2.82. The van der Waals surface area contributed by atoms with Crippen molar-refractivity contribution >= 4 is 28.1 Å². The van der Waals surface area contributed by atoms with Crippen LogP contribution in [0.25, 0.3) is 28.1 Å². The summed E-state index contributed by atoms with van der Waals surface area (Å²) in [4.78, 5) is 7.08. The van der Waals surface area contributed by atoms with Gasteiger partial charge in [-0.15, -0.1) is 0 Å². The number of hydrogen-bond acceptors (Lipinski definition) is 3. The normalized spacial score (nSPS) is 13.5. The Labute approximate surface area is 105 Å². The number of benzene rings is 2. The minimum absolute atomic E-state index is 0.207. The molecule has 6 heteroatoms. The van der Waals surface area contributed by atoms with Crippen molar-refractivity contribution in [2.75, 3.05) is 0 Å². The summed E-state index contributed by atoms with van der Waals surface area (Å²) >= 11 is 0. The fraction of sp³-hybridized carbons (Fsp3) is 0.0769. The van der Waals surface area contributed by atoms with Gasteiger partial charge in [-0.05, 0) is 23.6 Å². The van der Waals surface area contributed by atoms with Crippen LogP contribution in [0.5, 0.6) is 0 Å². The van der Waals surface area contributed by atoms with E-state index in [-0.39, 0.29) is 11.0 Å². The van der Waals surface area contributed by atoms with E-state index in [2.05, 4.69) is 9.97 Å².